The number of allylic oxidation sites excluding steroid dienone is 1. The van der Waals surface area contributed by atoms with E-state index in [1.165, 1.54) is 0 Å². The average Bonchev–Trinajstić information content (AvgIpc) is 2.31. The van der Waals surface area contributed by atoms with Crippen molar-refractivity contribution in [1.29, 1.82) is 0 Å². The fourth-order valence-corrected chi connectivity index (χ4v) is 1.42. The lowest BCUT2D eigenvalue weighted by Crippen LogP contribution is -2.28. The molecule has 0 aromatic carbocycles. The summed E-state index contributed by atoms with van der Waals surface area (Å²) in [6.45, 7) is 9.27. The Kier molecular flexibility index (Phi) is 2.69. The van der Waals surface area contributed by atoms with Gasteiger partial charge in [0.1, 0.15) is 5.76 Å². The van der Waals surface area contributed by atoms with Gasteiger partial charge in [0, 0.05) is 11.8 Å². The first-order chi connectivity index (χ1) is 6.38. The molecule has 1 atom stereocenters. The summed E-state index contributed by atoms with van der Waals surface area (Å²) >= 11 is 0. The highest BCUT2D eigenvalue weighted by molar-refractivity contribution is 5.92. The second-order valence-electron chi connectivity index (χ2n) is 4.51. The van der Waals surface area contributed by atoms with Gasteiger partial charge in [0.15, 0.2) is 6.10 Å². The van der Waals surface area contributed by atoms with Crippen molar-refractivity contribution in [2.75, 3.05) is 0 Å². The number of aliphatic hydroxyl groups is 1. The van der Waals surface area contributed by atoms with E-state index in [1.54, 1.807) is 6.08 Å². The number of hydrogen-bond donors (Lipinski definition) is 1. The molecule has 3 heteroatoms. The predicted molar refractivity (Wildman–Crippen MR) is 53.8 cm³/mol. The summed E-state index contributed by atoms with van der Waals surface area (Å²) in [5.41, 5.74) is 0.0581. The van der Waals surface area contributed by atoms with Crippen LogP contribution < -0.4 is 0 Å². The minimum absolute atomic E-state index is 0.0578. The number of cyclic esters (lactones) is 1. The molecule has 1 heterocycles. The summed E-state index contributed by atoms with van der Waals surface area (Å²) in [6.07, 6.45) is 1.42. The Morgan fingerprint density at radius 1 is 1.57 bits per heavy atom. The summed E-state index contributed by atoms with van der Waals surface area (Å²) in [5.74, 6) is -0.371. The van der Waals surface area contributed by atoms with Crippen molar-refractivity contribution in [3.05, 3.63) is 24.0 Å². The van der Waals surface area contributed by atoms with Gasteiger partial charge in [0.2, 0.25) is 0 Å². The number of aliphatic hydroxyl groups excluding tert-OH is 1. The Hall–Kier alpha value is -1.25. The van der Waals surface area contributed by atoms with Crippen LogP contribution in [0.2, 0.25) is 0 Å². The van der Waals surface area contributed by atoms with Gasteiger partial charge in [-0.15, -0.1) is 6.58 Å². The maximum Gasteiger partial charge on any atom is 0.338 e. The summed E-state index contributed by atoms with van der Waals surface area (Å²) in [5, 5.41) is 9.77. The monoisotopic (exact) mass is 196 g/mol. The van der Waals surface area contributed by atoms with Crippen LogP contribution >= 0.6 is 0 Å². The first-order valence-electron chi connectivity index (χ1n) is 4.61. The minimum atomic E-state index is -0.523. The quantitative estimate of drug-likeness (QED) is 0.544. The smallest absolute Gasteiger partial charge is 0.338 e. The largest absolute Gasteiger partial charge is 0.508 e. The molecule has 0 spiro atoms. The molecule has 0 aromatic heterocycles. The first-order valence-corrected chi connectivity index (χ1v) is 4.61. The standard InChI is InChI=1S/C11H16O3/c1-5-6-7-8(12)9(11(2,3)4)14-10(7)13/h5,9,12H,1,6H2,2-4H3/t9-/m1/s1. The lowest BCUT2D eigenvalue weighted by atomic mass is 9.87. The summed E-state index contributed by atoms with van der Waals surface area (Å²) in [4.78, 5) is 11.3. The molecule has 0 bridgehead atoms. The Labute approximate surface area is 84.1 Å². The van der Waals surface area contributed by atoms with Gasteiger partial charge < -0.3 is 9.84 Å². The van der Waals surface area contributed by atoms with Crippen LogP contribution in [0, 0.1) is 5.41 Å². The average molecular weight is 196 g/mol. The van der Waals surface area contributed by atoms with E-state index >= 15 is 0 Å². The number of carbonyl (C=O) groups is 1. The fourth-order valence-electron chi connectivity index (χ4n) is 1.42. The molecule has 0 saturated heterocycles. The van der Waals surface area contributed by atoms with E-state index in [0.29, 0.717) is 12.0 Å². The van der Waals surface area contributed by atoms with E-state index in [4.69, 9.17) is 4.74 Å². The highest BCUT2D eigenvalue weighted by atomic mass is 16.6. The van der Waals surface area contributed by atoms with Gasteiger partial charge in [0.25, 0.3) is 0 Å². The molecule has 1 aliphatic heterocycles. The van der Waals surface area contributed by atoms with Crippen LogP contribution in [-0.4, -0.2) is 17.2 Å². The molecule has 0 fully saturated rings. The number of hydrogen-bond acceptors (Lipinski definition) is 3. The zero-order chi connectivity index (χ0) is 10.9. The van der Waals surface area contributed by atoms with Gasteiger partial charge in [-0.1, -0.05) is 26.8 Å². The fraction of sp³-hybridized carbons (Fsp3) is 0.545. The van der Waals surface area contributed by atoms with Gasteiger partial charge in [-0.25, -0.2) is 4.79 Å². The van der Waals surface area contributed by atoms with Gasteiger partial charge in [-0.05, 0) is 0 Å². The lowest BCUT2D eigenvalue weighted by molar-refractivity contribution is -0.144. The number of carbonyl (C=O) groups excluding carboxylic acids is 1. The molecular formula is C11H16O3. The third kappa shape index (κ3) is 1.81. The molecule has 3 nitrogen and oxygen atoms in total. The molecule has 78 valence electrons. The third-order valence-electron chi connectivity index (χ3n) is 2.16. The van der Waals surface area contributed by atoms with Crippen molar-refractivity contribution in [3.63, 3.8) is 0 Å². The van der Waals surface area contributed by atoms with Gasteiger partial charge in [-0.2, -0.15) is 0 Å². The van der Waals surface area contributed by atoms with Crippen molar-refractivity contribution in [2.45, 2.75) is 33.3 Å². The van der Waals surface area contributed by atoms with Crippen LogP contribution in [-0.2, 0) is 9.53 Å². The van der Waals surface area contributed by atoms with Crippen LogP contribution in [0.3, 0.4) is 0 Å². The molecule has 0 amide bonds. The number of esters is 1. The van der Waals surface area contributed by atoms with E-state index in [0.717, 1.165) is 0 Å². The van der Waals surface area contributed by atoms with Crippen molar-refractivity contribution in [1.82, 2.24) is 0 Å². The van der Waals surface area contributed by atoms with Crippen molar-refractivity contribution in [2.24, 2.45) is 5.41 Å². The molecule has 1 aliphatic rings. The van der Waals surface area contributed by atoms with Crippen molar-refractivity contribution < 1.29 is 14.6 Å². The summed E-state index contributed by atoms with van der Waals surface area (Å²) in [6, 6.07) is 0. The maximum absolute atomic E-state index is 11.3. The Balaban J connectivity index is 2.98. The Bertz CT molecular complexity index is 294. The van der Waals surface area contributed by atoms with Crippen LogP contribution in [0.4, 0.5) is 0 Å². The normalized spacial score (nSPS) is 22.5. The predicted octanol–water partition coefficient (Wildman–Crippen LogP) is 2.35. The molecule has 1 N–H and O–H groups in total. The zero-order valence-corrected chi connectivity index (χ0v) is 8.83. The van der Waals surface area contributed by atoms with Gasteiger partial charge in [-0.3, -0.25) is 0 Å². The first kappa shape index (κ1) is 10.8. The zero-order valence-electron chi connectivity index (χ0n) is 8.83. The van der Waals surface area contributed by atoms with Gasteiger partial charge in [0.05, 0.1) is 5.57 Å². The molecule has 0 saturated carbocycles. The van der Waals surface area contributed by atoms with Crippen LogP contribution in [0.15, 0.2) is 24.0 Å². The maximum atomic E-state index is 11.3. The molecule has 0 radical (unpaired) electrons. The van der Waals surface area contributed by atoms with E-state index in [1.807, 2.05) is 20.8 Å². The molecule has 0 aromatic rings. The number of rotatable bonds is 2. The SMILES string of the molecule is C=CCC1=C(O)[C@H](C(C)(C)C)OC1=O. The van der Waals surface area contributed by atoms with Crippen molar-refractivity contribution >= 4 is 5.97 Å². The van der Waals surface area contributed by atoms with E-state index in [2.05, 4.69) is 6.58 Å². The molecule has 14 heavy (non-hydrogen) atoms. The van der Waals surface area contributed by atoms with Crippen molar-refractivity contribution in [3.8, 4) is 0 Å². The minimum Gasteiger partial charge on any atom is -0.508 e. The van der Waals surface area contributed by atoms with E-state index in [-0.39, 0.29) is 11.2 Å². The summed E-state index contributed by atoms with van der Waals surface area (Å²) < 4.78 is 5.09. The van der Waals surface area contributed by atoms with E-state index < -0.39 is 12.1 Å². The lowest BCUT2D eigenvalue weighted by Gasteiger charge is -2.25. The highest BCUT2D eigenvalue weighted by Crippen LogP contribution is 2.34. The van der Waals surface area contributed by atoms with E-state index in [9.17, 15) is 9.90 Å². The Morgan fingerprint density at radius 2 is 2.14 bits per heavy atom. The van der Waals surface area contributed by atoms with Gasteiger partial charge >= 0.3 is 5.97 Å². The number of ether oxygens (including phenoxy) is 1. The molecule has 0 aliphatic carbocycles. The topological polar surface area (TPSA) is 46.5 Å². The Morgan fingerprint density at radius 3 is 2.50 bits per heavy atom. The molecule has 1 rings (SSSR count). The van der Waals surface area contributed by atoms with Crippen LogP contribution in [0.25, 0.3) is 0 Å². The molecule has 0 unspecified atom stereocenters. The second-order valence-corrected chi connectivity index (χ2v) is 4.51. The van der Waals surface area contributed by atoms with Crippen LogP contribution in [0.1, 0.15) is 27.2 Å². The molecular weight excluding hydrogens is 180 g/mol. The summed E-state index contributed by atoms with van der Waals surface area (Å²) in [7, 11) is 0. The third-order valence-corrected chi connectivity index (χ3v) is 2.16. The highest BCUT2D eigenvalue weighted by Gasteiger charge is 2.40. The van der Waals surface area contributed by atoms with Crippen LogP contribution in [0.5, 0.6) is 0 Å². The second kappa shape index (κ2) is 3.48.